The highest BCUT2D eigenvalue weighted by Gasteiger charge is 2.30. The van der Waals surface area contributed by atoms with Gasteiger partial charge in [-0.1, -0.05) is 38.1 Å². The Balaban J connectivity index is 1.94. The number of aromatic nitrogens is 2. The summed E-state index contributed by atoms with van der Waals surface area (Å²) in [6.07, 6.45) is -0.654. The van der Waals surface area contributed by atoms with Crippen LogP contribution in [0.5, 0.6) is 0 Å². The minimum atomic E-state index is -4.35. The molecule has 0 spiro atoms. The number of hydrogen-bond donors (Lipinski definition) is 0. The number of rotatable bonds is 3. The van der Waals surface area contributed by atoms with E-state index in [4.69, 9.17) is 0 Å². The van der Waals surface area contributed by atoms with Gasteiger partial charge in [0.2, 0.25) is 0 Å². The summed E-state index contributed by atoms with van der Waals surface area (Å²) in [5, 5.41) is 0. The fourth-order valence-corrected chi connectivity index (χ4v) is 2.58. The van der Waals surface area contributed by atoms with Gasteiger partial charge in [-0.3, -0.25) is 0 Å². The maximum atomic E-state index is 12.8. The summed E-state index contributed by atoms with van der Waals surface area (Å²) in [5.74, 6) is 0.580. The number of hydrogen-bond acceptors (Lipinski definition) is 1. The number of pyridine rings is 1. The molecule has 2 nitrogen and oxygen atoms in total. The first-order chi connectivity index (χ1) is 10.8. The van der Waals surface area contributed by atoms with Gasteiger partial charge >= 0.3 is 6.18 Å². The molecule has 3 aromatic rings. The lowest BCUT2D eigenvalue weighted by molar-refractivity contribution is -0.137. The molecule has 0 aliphatic heterocycles. The Morgan fingerprint density at radius 1 is 1.00 bits per heavy atom. The zero-order chi connectivity index (χ0) is 16.6. The predicted molar refractivity (Wildman–Crippen MR) is 84.2 cm³/mol. The van der Waals surface area contributed by atoms with Crippen LogP contribution in [-0.4, -0.2) is 9.38 Å². The smallest absolute Gasteiger partial charge is 0.306 e. The number of fused-ring (bicyclic) bond motifs is 1. The molecule has 0 saturated carbocycles. The van der Waals surface area contributed by atoms with Crippen LogP contribution in [0.25, 0.3) is 16.9 Å². The molecule has 120 valence electrons. The molecule has 3 rings (SSSR count). The van der Waals surface area contributed by atoms with E-state index in [0.29, 0.717) is 17.3 Å². The average Bonchev–Trinajstić information content (AvgIpc) is 2.89. The van der Waals surface area contributed by atoms with Crippen LogP contribution in [0.1, 0.15) is 25.0 Å². The van der Waals surface area contributed by atoms with Crippen molar-refractivity contribution in [1.29, 1.82) is 0 Å². The molecule has 0 aliphatic carbocycles. The molecule has 0 N–H and O–H groups in total. The van der Waals surface area contributed by atoms with Crippen molar-refractivity contribution in [3.8, 4) is 11.3 Å². The molecular weight excluding hydrogens is 301 g/mol. The van der Waals surface area contributed by atoms with Crippen molar-refractivity contribution >= 4 is 5.65 Å². The first-order valence-corrected chi connectivity index (χ1v) is 7.48. The van der Waals surface area contributed by atoms with Gasteiger partial charge in [-0.25, -0.2) is 4.98 Å². The van der Waals surface area contributed by atoms with E-state index >= 15 is 0 Å². The number of benzene rings is 1. The van der Waals surface area contributed by atoms with Crippen LogP contribution >= 0.6 is 0 Å². The summed E-state index contributed by atoms with van der Waals surface area (Å²) in [6.45, 7) is 4.32. The summed E-state index contributed by atoms with van der Waals surface area (Å²) in [6, 6.07) is 10.5. The Kier molecular flexibility index (Phi) is 3.88. The molecule has 0 unspecified atom stereocenters. The van der Waals surface area contributed by atoms with Gasteiger partial charge in [0.25, 0.3) is 0 Å². The third kappa shape index (κ3) is 3.38. The van der Waals surface area contributed by atoms with Gasteiger partial charge in [0, 0.05) is 18.0 Å². The Labute approximate surface area is 132 Å². The number of halogens is 3. The van der Waals surface area contributed by atoms with Crippen LogP contribution in [0.15, 0.2) is 48.8 Å². The topological polar surface area (TPSA) is 17.3 Å². The van der Waals surface area contributed by atoms with Crippen molar-refractivity contribution < 1.29 is 13.2 Å². The standard InChI is InChI=1S/C18H17F3N2/c1-12(2)9-13-3-5-14(6-4-13)16-11-23-10-15(18(19,20)21)7-8-17(23)22-16/h3-8,10-12H,9H2,1-2H3. The van der Waals surface area contributed by atoms with Crippen molar-refractivity contribution in [2.75, 3.05) is 0 Å². The molecular formula is C18H17F3N2. The molecule has 0 amide bonds. The first kappa shape index (κ1) is 15.6. The Morgan fingerprint density at radius 2 is 1.70 bits per heavy atom. The van der Waals surface area contributed by atoms with E-state index in [-0.39, 0.29) is 0 Å². The number of nitrogens with zero attached hydrogens (tertiary/aromatic N) is 2. The van der Waals surface area contributed by atoms with Gasteiger partial charge in [0.1, 0.15) is 5.65 Å². The molecule has 23 heavy (non-hydrogen) atoms. The molecule has 0 bridgehead atoms. The lowest BCUT2D eigenvalue weighted by Gasteiger charge is -2.05. The van der Waals surface area contributed by atoms with Gasteiger partial charge in [-0.15, -0.1) is 0 Å². The maximum absolute atomic E-state index is 12.8. The van der Waals surface area contributed by atoms with E-state index in [9.17, 15) is 13.2 Å². The summed E-state index contributed by atoms with van der Waals surface area (Å²) >= 11 is 0. The minimum Gasteiger partial charge on any atom is -0.306 e. The molecule has 0 atom stereocenters. The van der Waals surface area contributed by atoms with E-state index in [2.05, 4.69) is 18.8 Å². The van der Waals surface area contributed by atoms with E-state index < -0.39 is 11.7 Å². The third-order valence-electron chi connectivity index (χ3n) is 3.67. The van der Waals surface area contributed by atoms with E-state index in [1.54, 1.807) is 6.20 Å². The average molecular weight is 318 g/mol. The number of alkyl halides is 3. The molecule has 5 heteroatoms. The van der Waals surface area contributed by atoms with Crippen molar-refractivity contribution in [3.63, 3.8) is 0 Å². The van der Waals surface area contributed by atoms with Crippen LogP contribution in [0.3, 0.4) is 0 Å². The van der Waals surface area contributed by atoms with E-state index in [1.807, 2.05) is 24.3 Å². The maximum Gasteiger partial charge on any atom is 0.417 e. The summed E-state index contributed by atoms with van der Waals surface area (Å²) in [7, 11) is 0. The molecule has 2 heterocycles. The van der Waals surface area contributed by atoms with Crippen molar-refractivity contribution in [2.45, 2.75) is 26.4 Å². The van der Waals surface area contributed by atoms with E-state index in [0.717, 1.165) is 24.2 Å². The lowest BCUT2D eigenvalue weighted by Crippen LogP contribution is -2.05. The first-order valence-electron chi connectivity index (χ1n) is 7.48. The van der Waals surface area contributed by atoms with Gasteiger partial charge in [0.05, 0.1) is 11.3 Å². The fraction of sp³-hybridized carbons (Fsp3) is 0.278. The van der Waals surface area contributed by atoms with Crippen LogP contribution in [0.2, 0.25) is 0 Å². The highest BCUT2D eigenvalue weighted by atomic mass is 19.4. The molecule has 0 fully saturated rings. The predicted octanol–water partition coefficient (Wildman–Crippen LogP) is 5.22. The minimum absolute atomic E-state index is 0.499. The summed E-state index contributed by atoms with van der Waals surface area (Å²) in [4.78, 5) is 4.39. The second-order valence-corrected chi connectivity index (χ2v) is 6.10. The van der Waals surface area contributed by atoms with Crippen LogP contribution in [0, 0.1) is 5.92 Å². The SMILES string of the molecule is CC(C)Cc1ccc(-c2cn3cc(C(F)(F)F)ccc3n2)cc1. The Morgan fingerprint density at radius 3 is 2.30 bits per heavy atom. The van der Waals surface area contributed by atoms with Crippen LogP contribution < -0.4 is 0 Å². The summed E-state index contributed by atoms with van der Waals surface area (Å²) in [5.41, 5.74) is 2.63. The van der Waals surface area contributed by atoms with Gasteiger partial charge < -0.3 is 4.40 Å². The molecule has 1 aromatic carbocycles. The lowest BCUT2D eigenvalue weighted by atomic mass is 10.0. The highest BCUT2D eigenvalue weighted by Crippen LogP contribution is 2.30. The van der Waals surface area contributed by atoms with Crippen LogP contribution in [-0.2, 0) is 12.6 Å². The van der Waals surface area contributed by atoms with Crippen LogP contribution in [0.4, 0.5) is 13.2 Å². The highest BCUT2D eigenvalue weighted by molar-refractivity contribution is 5.63. The zero-order valence-electron chi connectivity index (χ0n) is 12.9. The zero-order valence-corrected chi connectivity index (χ0v) is 12.9. The van der Waals surface area contributed by atoms with Crippen molar-refractivity contribution in [3.05, 3.63) is 59.9 Å². The van der Waals surface area contributed by atoms with Gasteiger partial charge in [-0.2, -0.15) is 13.2 Å². The second-order valence-electron chi connectivity index (χ2n) is 6.10. The Hall–Kier alpha value is -2.30. The van der Waals surface area contributed by atoms with Crippen molar-refractivity contribution in [2.24, 2.45) is 5.92 Å². The quantitative estimate of drug-likeness (QED) is 0.647. The molecule has 0 aliphatic rings. The summed E-state index contributed by atoms with van der Waals surface area (Å²) < 4.78 is 39.7. The Bertz CT molecular complexity index is 814. The normalized spacial score (nSPS) is 12.3. The largest absolute Gasteiger partial charge is 0.417 e. The second kappa shape index (κ2) is 5.72. The van der Waals surface area contributed by atoms with Gasteiger partial charge in [0.15, 0.2) is 0 Å². The molecule has 0 saturated heterocycles. The van der Waals surface area contributed by atoms with Gasteiger partial charge in [-0.05, 0) is 30.0 Å². The number of imidazole rings is 1. The van der Waals surface area contributed by atoms with Crippen molar-refractivity contribution in [1.82, 2.24) is 9.38 Å². The third-order valence-corrected chi connectivity index (χ3v) is 3.67. The fourth-order valence-electron chi connectivity index (χ4n) is 2.58. The molecule has 0 radical (unpaired) electrons. The monoisotopic (exact) mass is 318 g/mol. The van der Waals surface area contributed by atoms with E-state index in [1.165, 1.54) is 16.0 Å². The molecule has 2 aromatic heterocycles.